The van der Waals surface area contributed by atoms with Gasteiger partial charge in [-0.05, 0) is 69.1 Å². The zero-order valence-corrected chi connectivity index (χ0v) is 19.8. The first-order chi connectivity index (χ1) is 15.6. The number of aromatic nitrogens is 1. The molecule has 0 aliphatic heterocycles. The van der Waals surface area contributed by atoms with E-state index in [1.807, 2.05) is 0 Å². The molecule has 0 fully saturated rings. The highest BCUT2D eigenvalue weighted by molar-refractivity contribution is 7.21. The predicted molar refractivity (Wildman–Crippen MR) is 130 cm³/mol. The molecule has 3 heterocycles. The van der Waals surface area contributed by atoms with Crippen molar-refractivity contribution in [1.29, 1.82) is 0 Å². The van der Waals surface area contributed by atoms with Crippen LogP contribution in [0.25, 0.3) is 10.2 Å². The van der Waals surface area contributed by atoms with Gasteiger partial charge in [-0.2, -0.15) is 0 Å². The van der Waals surface area contributed by atoms with Crippen molar-refractivity contribution in [2.45, 2.75) is 64.7 Å². The molecule has 0 radical (unpaired) electrons. The van der Waals surface area contributed by atoms with Crippen LogP contribution in [0.2, 0.25) is 0 Å². The Balaban J connectivity index is 1.48. The smallest absolute Gasteiger partial charge is 0.341 e. The molecule has 2 aliphatic carbocycles. The Morgan fingerprint density at radius 1 is 1.09 bits per heavy atom. The molecule has 0 aromatic carbocycles. The van der Waals surface area contributed by atoms with Crippen molar-refractivity contribution >= 4 is 55.5 Å². The Morgan fingerprint density at radius 2 is 1.91 bits per heavy atom. The number of hydrogen-bond acceptors (Lipinski definition) is 7. The minimum atomic E-state index is -0.368. The van der Waals surface area contributed by atoms with Crippen LogP contribution < -0.4 is 11.1 Å². The molecule has 32 heavy (non-hydrogen) atoms. The number of ether oxygens (including phenoxy) is 1. The summed E-state index contributed by atoms with van der Waals surface area (Å²) < 4.78 is 5.27. The van der Waals surface area contributed by atoms with Gasteiger partial charge in [0.2, 0.25) is 0 Å². The maximum Gasteiger partial charge on any atom is 0.341 e. The van der Waals surface area contributed by atoms with E-state index in [4.69, 9.17) is 15.5 Å². The quantitative estimate of drug-likeness (QED) is 0.491. The highest BCUT2D eigenvalue weighted by Crippen LogP contribution is 2.41. The molecule has 0 saturated carbocycles. The Bertz CT molecular complexity index is 1210. The van der Waals surface area contributed by atoms with Crippen LogP contribution in [0.15, 0.2) is 6.07 Å². The monoisotopic (exact) mass is 469 g/mol. The molecule has 2 aliphatic rings. The summed E-state index contributed by atoms with van der Waals surface area (Å²) in [6.45, 7) is 2.09. The normalized spacial score (nSPS) is 15.7. The zero-order chi connectivity index (χ0) is 22.2. The number of hydrogen-bond donors (Lipinski definition) is 2. The van der Waals surface area contributed by atoms with Crippen molar-refractivity contribution in [1.82, 2.24) is 4.98 Å². The second-order valence-corrected chi connectivity index (χ2v) is 10.5. The van der Waals surface area contributed by atoms with E-state index in [0.717, 1.165) is 71.3 Å². The number of amides is 1. The molecular weight excluding hydrogens is 442 g/mol. The molecule has 0 saturated heterocycles. The van der Waals surface area contributed by atoms with Gasteiger partial charge in [-0.15, -0.1) is 22.7 Å². The number of carbonyl (C=O) groups is 2. The number of carbonyl (C=O) groups excluding carboxylic acids is 2. The minimum absolute atomic E-state index is 0.289. The topological polar surface area (TPSA) is 94.3 Å². The van der Waals surface area contributed by atoms with Crippen molar-refractivity contribution in [3.05, 3.63) is 38.2 Å². The Labute approximate surface area is 195 Å². The van der Waals surface area contributed by atoms with Gasteiger partial charge in [-0.25, -0.2) is 9.78 Å². The largest absolute Gasteiger partial charge is 0.462 e. The van der Waals surface area contributed by atoms with E-state index in [1.165, 1.54) is 41.1 Å². The molecule has 1 amide bonds. The number of anilines is 2. The first-order valence-electron chi connectivity index (χ1n) is 11.4. The van der Waals surface area contributed by atoms with Gasteiger partial charge in [-0.3, -0.25) is 4.79 Å². The number of nitrogens with two attached hydrogens (primary N) is 1. The van der Waals surface area contributed by atoms with Crippen LogP contribution in [0.5, 0.6) is 0 Å². The number of esters is 1. The van der Waals surface area contributed by atoms with Gasteiger partial charge in [-0.1, -0.05) is 12.8 Å². The third-order valence-electron chi connectivity index (χ3n) is 6.33. The van der Waals surface area contributed by atoms with Crippen molar-refractivity contribution < 1.29 is 14.3 Å². The van der Waals surface area contributed by atoms with Gasteiger partial charge in [0, 0.05) is 16.0 Å². The maximum atomic E-state index is 13.2. The van der Waals surface area contributed by atoms with E-state index in [9.17, 15) is 9.59 Å². The summed E-state index contributed by atoms with van der Waals surface area (Å²) in [4.78, 5) is 33.2. The van der Waals surface area contributed by atoms with E-state index in [2.05, 4.69) is 11.4 Å². The molecule has 8 heteroatoms. The number of nitrogen functional groups attached to an aromatic ring is 1. The molecule has 0 unspecified atom stereocenters. The molecule has 0 bridgehead atoms. The summed E-state index contributed by atoms with van der Waals surface area (Å²) >= 11 is 2.81. The van der Waals surface area contributed by atoms with E-state index in [-0.39, 0.29) is 11.9 Å². The van der Waals surface area contributed by atoms with Crippen LogP contribution >= 0.6 is 22.7 Å². The van der Waals surface area contributed by atoms with Crippen LogP contribution in [0.3, 0.4) is 0 Å². The summed E-state index contributed by atoms with van der Waals surface area (Å²) in [5, 5.41) is 4.39. The molecule has 6 nitrogen and oxygen atoms in total. The van der Waals surface area contributed by atoms with Crippen LogP contribution in [-0.4, -0.2) is 23.5 Å². The fourth-order valence-corrected chi connectivity index (χ4v) is 7.02. The van der Waals surface area contributed by atoms with Crippen molar-refractivity contribution in [2.75, 3.05) is 17.7 Å². The lowest BCUT2D eigenvalue weighted by molar-refractivity contribution is 0.0527. The second-order valence-electron chi connectivity index (χ2n) is 8.44. The second kappa shape index (κ2) is 8.83. The van der Waals surface area contributed by atoms with Crippen molar-refractivity contribution in [3.8, 4) is 0 Å². The molecule has 3 aromatic heterocycles. The lowest BCUT2D eigenvalue weighted by atomic mass is 9.96. The fourth-order valence-electron chi connectivity index (χ4n) is 4.75. The maximum absolute atomic E-state index is 13.2. The highest BCUT2D eigenvalue weighted by atomic mass is 32.1. The number of nitrogens with one attached hydrogen (secondary N) is 1. The Morgan fingerprint density at radius 3 is 2.72 bits per heavy atom. The summed E-state index contributed by atoms with van der Waals surface area (Å²) in [6.07, 6.45) is 9.61. The van der Waals surface area contributed by atoms with E-state index in [0.29, 0.717) is 27.7 Å². The number of aryl methyl sites for hydroxylation is 3. The fraction of sp³-hybridized carbons (Fsp3) is 0.458. The van der Waals surface area contributed by atoms with Crippen LogP contribution in [0.1, 0.15) is 80.8 Å². The van der Waals surface area contributed by atoms with E-state index >= 15 is 0 Å². The molecular formula is C24H27N3O3S2. The first kappa shape index (κ1) is 21.4. The van der Waals surface area contributed by atoms with Gasteiger partial charge in [0.25, 0.3) is 5.91 Å². The van der Waals surface area contributed by atoms with E-state index in [1.54, 1.807) is 6.92 Å². The summed E-state index contributed by atoms with van der Waals surface area (Å²) in [6, 6.07) is 2.13. The van der Waals surface area contributed by atoms with Gasteiger partial charge < -0.3 is 15.8 Å². The Hall–Kier alpha value is -2.45. The standard InChI is InChI=1S/C24H27N3O3S2/c1-2-30-24(29)18-14-9-7-11-17(14)31-23(18)27-21(28)20-19(25)15-12-13-8-5-3-4-6-10-16(13)26-22(15)32-20/h12H,2-11,25H2,1H3,(H,27,28). The number of nitrogens with zero attached hydrogens (tertiary/aromatic N) is 1. The molecule has 5 rings (SSSR count). The van der Waals surface area contributed by atoms with E-state index < -0.39 is 0 Å². The summed E-state index contributed by atoms with van der Waals surface area (Å²) in [7, 11) is 0. The molecule has 3 aromatic rings. The van der Waals surface area contributed by atoms with Gasteiger partial charge in [0.1, 0.15) is 14.7 Å². The lowest BCUT2D eigenvalue weighted by Gasteiger charge is -2.12. The average molecular weight is 470 g/mol. The third kappa shape index (κ3) is 3.79. The summed E-state index contributed by atoms with van der Waals surface area (Å²) in [5.41, 5.74) is 10.8. The average Bonchev–Trinajstić information content (AvgIpc) is 3.41. The molecule has 0 spiro atoms. The highest BCUT2D eigenvalue weighted by Gasteiger charge is 2.29. The van der Waals surface area contributed by atoms with Gasteiger partial charge in [0.05, 0.1) is 17.9 Å². The first-order valence-corrected chi connectivity index (χ1v) is 13.0. The van der Waals surface area contributed by atoms with Crippen molar-refractivity contribution in [3.63, 3.8) is 0 Å². The number of thiophene rings is 2. The minimum Gasteiger partial charge on any atom is -0.462 e. The van der Waals surface area contributed by atoms with Crippen LogP contribution in [-0.2, 0) is 30.4 Å². The zero-order valence-electron chi connectivity index (χ0n) is 18.2. The van der Waals surface area contributed by atoms with Crippen LogP contribution in [0.4, 0.5) is 10.7 Å². The molecule has 3 N–H and O–H groups in total. The number of pyridine rings is 1. The lowest BCUT2D eigenvalue weighted by Crippen LogP contribution is -2.15. The van der Waals surface area contributed by atoms with Crippen molar-refractivity contribution in [2.24, 2.45) is 0 Å². The van der Waals surface area contributed by atoms with Crippen LogP contribution in [0, 0.1) is 0 Å². The third-order valence-corrected chi connectivity index (χ3v) is 8.65. The molecule has 0 atom stereocenters. The number of fused-ring (bicyclic) bond motifs is 3. The van der Waals surface area contributed by atoms with Gasteiger partial charge in [0.15, 0.2) is 0 Å². The van der Waals surface area contributed by atoms with Gasteiger partial charge >= 0.3 is 5.97 Å². The number of rotatable bonds is 4. The summed E-state index contributed by atoms with van der Waals surface area (Å²) in [5.74, 6) is -0.656. The molecule has 168 valence electrons. The SMILES string of the molecule is CCOC(=O)c1c(NC(=O)c2sc3nc4c(cc3c2N)CCCCCC4)sc2c1CCC2. The Kier molecular flexibility index (Phi) is 5.90. The predicted octanol–water partition coefficient (Wildman–Crippen LogP) is 5.52.